The van der Waals surface area contributed by atoms with Gasteiger partial charge in [-0.2, -0.15) is 0 Å². The fourth-order valence-electron chi connectivity index (χ4n) is 22.8. The molecule has 12 heteroatoms. The van der Waals surface area contributed by atoms with Crippen LogP contribution in [0, 0.1) is 0 Å². The van der Waals surface area contributed by atoms with Crippen LogP contribution in [0.3, 0.4) is 0 Å². The Morgan fingerprint density at radius 1 is 0.197 bits per heavy atom. The van der Waals surface area contributed by atoms with Crippen LogP contribution in [0.25, 0.3) is 232 Å². The van der Waals surface area contributed by atoms with Crippen molar-refractivity contribution >= 4 is 108 Å². The third kappa shape index (κ3) is 13.4. The van der Waals surface area contributed by atoms with E-state index in [0.717, 1.165) is 99.5 Å². The summed E-state index contributed by atoms with van der Waals surface area (Å²) in [4.78, 5) is 46.4. The summed E-state index contributed by atoms with van der Waals surface area (Å²) in [6.45, 7) is 9.30. The third-order valence-electron chi connectivity index (χ3n) is 29.2. The zero-order valence-electron chi connectivity index (χ0n) is 77.9. The lowest BCUT2D eigenvalue weighted by Gasteiger charge is -2.34. The zero-order chi connectivity index (χ0) is 94.5. The molecule has 0 bridgehead atoms. The van der Waals surface area contributed by atoms with Crippen LogP contribution in [-0.4, -0.2) is 44.9 Å². The molecule has 3 aliphatic rings. The minimum atomic E-state index is -0.575. The average Bonchev–Trinajstić information content (AvgIpc) is 1.45. The maximum atomic E-state index is 6.42. The van der Waals surface area contributed by atoms with Gasteiger partial charge in [-0.1, -0.05) is 428 Å². The number of furan rings is 2. The van der Waals surface area contributed by atoms with E-state index in [1.807, 2.05) is 127 Å². The molecule has 0 saturated heterocycles. The molecule has 0 aliphatic heterocycles. The lowest BCUT2D eigenvalue weighted by atomic mass is 9.66. The van der Waals surface area contributed by atoms with Gasteiger partial charge in [-0.25, -0.2) is 44.9 Å². The smallest absolute Gasteiger partial charge is 0.167 e. The van der Waals surface area contributed by atoms with E-state index in [4.69, 9.17) is 53.7 Å². The van der Waals surface area contributed by atoms with E-state index in [1.165, 1.54) is 125 Å². The summed E-state index contributed by atoms with van der Waals surface area (Å²) in [5.41, 5.74) is 28.4. The SMILES string of the molecule is CC1(C)c2cccc(-c3nc(-c4ccccc4)nc(-c4ccc5c(c4)oc4ccccc45)n3)c2-c2ccc3ccccc3c21.CC1(C)c2cccc(-c3nc(-c4ccccc4)nc(-c4cccc5c4oc4ccccc45)n3)c2-c2ccc3ccccc3c21.c1ccc(-c2nc(-c3ccc4c(c3)sc3ccccc34)nc(-c3cccc4c3-c3ccc5ccccc5c3C4(c3ccccc3)c3ccccc3)n2)cc1. The number of hydrogen-bond donors (Lipinski definition) is 0. The normalized spacial score (nSPS) is 13.2. The van der Waals surface area contributed by atoms with Gasteiger partial charge in [0.1, 0.15) is 22.3 Å². The molecule has 0 fully saturated rings. The van der Waals surface area contributed by atoms with E-state index in [1.54, 1.807) is 11.3 Å². The van der Waals surface area contributed by atoms with E-state index in [9.17, 15) is 0 Å². The molecule has 0 radical (unpaired) electrons. The third-order valence-corrected chi connectivity index (χ3v) is 30.4. The molecule has 20 aromatic carbocycles. The van der Waals surface area contributed by atoms with E-state index in [-0.39, 0.29) is 10.8 Å². The molecule has 0 atom stereocenters. The summed E-state index contributed by atoms with van der Waals surface area (Å²) < 4.78 is 15.1. The molecule has 29 rings (SSSR count). The Labute approximate surface area is 822 Å². The lowest BCUT2D eigenvalue weighted by Crippen LogP contribution is -2.28. The zero-order valence-corrected chi connectivity index (χ0v) is 78.7. The Morgan fingerprint density at radius 3 is 1.01 bits per heavy atom. The van der Waals surface area contributed by atoms with Crippen molar-refractivity contribution in [1.82, 2.24) is 44.9 Å². The highest BCUT2D eigenvalue weighted by Crippen LogP contribution is 2.62. The summed E-state index contributed by atoms with van der Waals surface area (Å²) in [6, 6.07) is 156. The Balaban J connectivity index is 0.000000107. The van der Waals surface area contributed by atoms with Crippen LogP contribution in [0.5, 0.6) is 0 Å². The molecule has 668 valence electrons. The molecular formula is C130H85N9O2S. The minimum Gasteiger partial charge on any atom is -0.456 e. The van der Waals surface area contributed by atoms with Crippen LogP contribution in [0.4, 0.5) is 0 Å². The van der Waals surface area contributed by atoms with Gasteiger partial charge in [0.05, 0.1) is 11.0 Å². The molecular weight excluding hydrogens is 1750 g/mol. The number of thiophene rings is 1. The fraction of sp³-hybridized carbons (Fsp3) is 0.0538. The summed E-state index contributed by atoms with van der Waals surface area (Å²) >= 11 is 1.81. The van der Waals surface area contributed by atoms with Crippen molar-refractivity contribution in [3.63, 3.8) is 0 Å². The minimum absolute atomic E-state index is 0.175. The van der Waals surface area contributed by atoms with Gasteiger partial charge in [0.25, 0.3) is 0 Å². The first-order valence-corrected chi connectivity index (χ1v) is 49.0. The first-order valence-electron chi connectivity index (χ1n) is 48.2. The van der Waals surface area contributed by atoms with E-state index >= 15 is 0 Å². The molecule has 11 nitrogen and oxygen atoms in total. The molecule has 26 aromatic rings. The van der Waals surface area contributed by atoms with Crippen molar-refractivity contribution in [2.75, 3.05) is 0 Å². The van der Waals surface area contributed by atoms with Gasteiger partial charge in [0, 0.05) is 97.1 Å². The van der Waals surface area contributed by atoms with Crippen molar-refractivity contribution < 1.29 is 8.83 Å². The lowest BCUT2D eigenvalue weighted by molar-refractivity contribution is 0.666. The number of rotatable bonds is 11. The Hall–Kier alpha value is -18.0. The fourth-order valence-corrected chi connectivity index (χ4v) is 24.0. The Bertz CT molecular complexity index is 9590. The molecule has 6 aromatic heterocycles. The topological polar surface area (TPSA) is 142 Å². The summed E-state index contributed by atoms with van der Waals surface area (Å²) in [6.07, 6.45) is 0. The van der Waals surface area contributed by atoms with Gasteiger partial charge >= 0.3 is 0 Å². The molecule has 0 unspecified atom stereocenters. The van der Waals surface area contributed by atoms with E-state index < -0.39 is 5.41 Å². The van der Waals surface area contributed by atoms with Gasteiger partial charge in [-0.15, -0.1) is 11.3 Å². The Kier molecular flexibility index (Phi) is 19.5. The number of para-hydroxylation sites is 3. The van der Waals surface area contributed by atoms with Crippen LogP contribution in [-0.2, 0) is 16.2 Å². The largest absolute Gasteiger partial charge is 0.456 e. The van der Waals surface area contributed by atoms with Crippen molar-refractivity contribution in [1.29, 1.82) is 0 Å². The van der Waals surface area contributed by atoms with Gasteiger partial charge in [-0.3, -0.25) is 0 Å². The quantitative estimate of drug-likeness (QED) is 0.122. The summed E-state index contributed by atoms with van der Waals surface area (Å²) in [5.74, 6) is 5.75. The molecule has 3 aliphatic carbocycles. The van der Waals surface area contributed by atoms with Crippen molar-refractivity contribution in [2.45, 2.75) is 43.9 Å². The van der Waals surface area contributed by atoms with Crippen molar-refractivity contribution in [2.24, 2.45) is 0 Å². The summed E-state index contributed by atoms with van der Waals surface area (Å²) in [7, 11) is 0. The van der Waals surface area contributed by atoms with Crippen molar-refractivity contribution in [3.05, 3.63) is 487 Å². The van der Waals surface area contributed by atoms with Gasteiger partial charge in [0.15, 0.2) is 52.4 Å². The standard InChI is InChI=1S/C50H31N3S.2C40H27N3O/c1-4-16-33(17-5-1)47-51-48(34-28-29-39-38-23-12-13-26-43(38)54-44(39)31-34)53-49(52-47)41-24-14-25-42-45(41)40-30-27-32-15-10-11-22-37(32)46(40)50(42,35-18-6-2-7-19-35)36-20-8-3-9-21-36;1-40(2)32-20-11-18-30(34(32)29-23-22-24-12-6-7-15-26(24)35(29)40)38-41-37(25-13-4-3-5-14-25)42-39(43-38)31-19-10-17-28-27-16-8-9-21-33(27)44-36(28)31;1-40(2)32-17-10-16-31(35(32)30-22-19-24-11-6-7-14-27(24)36(30)40)39-42-37(25-12-4-3-5-13-25)41-38(43-39)26-20-21-29-28-15-8-9-18-33(28)44-34(29)23-26/h1-31H;2*3-23H,1-2H3. The number of hydrogen-bond acceptors (Lipinski definition) is 12. The van der Waals surface area contributed by atoms with Gasteiger partial charge in [-0.05, 0) is 153 Å². The molecule has 0 amide bonds. The highest BCUT2D eigenvalue weighted by molar-refractivity contribution is 7.25. The molecule has 0 spiro atoms. The monoisotopic (exact) mass is 1840 g/mol. The van der Waals surface area contributed by atoms with Crippen LogP contribution in [0.15, 0.2) is 452 Å². The number of nitrogens with zero attached hydrogens (tertiary/aromatic N) is 9. The van der Waals surface area contributed by atoms with Crippen LogP contribution in [0.1, 0.15) is 72.2 Å². The van der Waals surface area contributed by atoms with Crippen LogP contribution < -0.4 is 0 Å². The molecule has 6 heterocycles. The van der Waals surface area contributed by atoms with Crippen molar-refractivity contribution in [3.8, 4) is 136 Å². The van der Waals surface area contributed by atoms with E-state index in [0.29, 0.717) is 52.4 Å². The maximum Gasteiger partial charge on any atom is 0.167 e. The van der Waals surface area contributed by atoms with Gasteiger partial charge < -0.3 is 8.83 Å². The highest BCUT2D eigenvalue weighted by Gasteiger charge is 2.49. The molecule has 0 saturated carbocycles. The van der Waals surface area contributed by atoms with Gasteiger partial charge in [0.2, 0.25) is 0 Å². The van der Waals surface area contributed by atoms with Crippen LogP contribution in [0.2, 0.25) is 0 Å². The van der Waals surface area contributed by atoms with E-state index in [2.05, 4.69) is 343 Å². The molecule has 142 heavy (non-hydrogen) atoms. The second-order valence-electron chi connectivity index (χ2n) is 38.0. The highest BCUT2D eigenvalue weighted by atomic mass is 32.1. The first kappa shape index (κ1) is 83.4. The number of fused-ring (bicyclic) bond motifs is 24. The predicted molar refractivity (Wildman–Crippen MR) is 581 cm³/mol. The second kappa shape index (κ2) is 33.2. The molecule has 0 N–H and O–H groups in total. The maximum absolute atomic E-state index is 6.42. The number of benzene rings is 20. The second-order valence-corrected chi connectivity index (χ2v) is 39.0. The number of aromatic nitrogens is 9. The average molecular weight is 1840 g/mol. The summed E-state index contributed by atoms with van der Waals surface area (Å²) in [5, 5.41) is 14.4. The predicted octanol–water partition coefficient (Wildman–Crippen LogP) is 33.2. The Morgan fingerprint density at radius 2 is 0.521 bits per heavy atom. The van der Waals surface area contributed by atoms with Crippen LogP contribution >= 0.6 is 11.3 Å². The first-order chi connectivity index (χ1) is 69.9.